The highest BCUT2D eigenvalue weighted by molar-refractivity contribution is 6.04. The van der Waals surface area contributed by atoms with Crippen LogP contribution in [0.2, 0.25) is 0 Å². The van der Waals surface area contributed by atoms with Crippen LogP contribution in [0.5, 0.6) is 0 Å². The van der Waals surface area contributed by atoms with Gasteiger partial charge < -0.3 is 9.84 Å². The third-order valence-electron chi connectivity index (χ3n) is 4.78. The fraction of sp³-hybridized carbons (Fsp3) is 0.0952. The maximum absolute atomic E-state index is 13.3. The van der Waals surface area contributed by atoms with Crippen molar-refractivity contribution in [2.24, 2.45) is 7.05 Å². The van der Waals surface area contributed by atoms with Gasteiger partial charge in [-0.25, -0.2) is 13.9 Å². The standard InChI is InChI=1S/C21H16FN7O2/c1-12-16(11-31-27-12)21(30)24-18-10-29-19(23-18)8-7-17(25-29)15-9-28(2)26-20(15)13-3-5-14(22)6-4-13/h3-11H,1-2H3,(H,24,30). The van der Waals surface area contributed by atoms with Gasteiger partial charge in [0.1, 0.15) is 23.3 Å². The molecule has 10 heteroatoms. The minimum absolute atomic E-state index is 0.310. The van der Waals surface area contributed by atoms with Gasteiger partial charge >= 0.3 is 0 Å². The predicted molar refractivity (Wildman–Crippen MR) is 110 cm³/mol. The van der Waals surface area contributed by atoms with E-state index in [1.165, 1.54) is 18.4 Å². The molecule has 0 aliphatic heterocycles. The molecule has 4 aromatic heterocycles. The van der Waals surface area contributed by atoms with Gasteiger partial charge in [0.25, 0.3) is 5.91 Å². The summed E-state index contributed by atoms with van der Waals surface area (Å²) in [5, 5.41) is 15.5. The Bertz CT molecular complexity index is 1420. The van der Waals surface area contributed by atoms with Gasteiger partial charge in [-0.05, 0) is 43.3 Å². The van der Waals surface area contributed by atoms with Crippen molar-refractivity contribution in [2.45, 2.75) is 6.92 Å². The van der Waals surface area contributed by atoms with Crippen molar-refractivity contribution in [3.05, 3.63) is 72.1 Å². The number of aromatic nitrogens is 6. The first-order valence-electron chi connectivity index (χ1n) is 9.36. The van der Waals surface area contributed by atoms with Gasteiger partial charge in [-0.15, -0.1) is 0 Å². The number of imidazole rings is 1. The van der Waals surface area contributed by atoms with Gasteiger partial charge in [-0.1, -0.05) is 5.16 Å². The van der Waals surface area contributed by atoms with E-state index < -0.39 is 0 Å². The number of anilines is 1. The number of amides is 1. The van der Waals surface area contributed by atoms with Gasteiger partial charge in [0.05, 0.1) is 17.6 Å². The largest absolute Gasteiger partial charge is 0.364 e. The number of hydrogen-bond acceptors (Lipinski definition) is 6. The van der Waals surface area contributed by atoms with Crippen LogP contribution in [0.1, 0.15) is 16.1 Å². The normalized spacial score (nSPS) is 11.2. The molecule has 0 radical (unpaired) electrons. The van der Waals surface area contributed by atoms with Crippen molar-refractivity contribution in [1.29, 1.82) is 0 Å². The van der Waals surface area contributed by atoms with Crippen LogP contribution in [0.25, 0.3) is 28.2 Å². The number of fused-ring (bicyclic) bond motifs is 1. The first-order valence-corrected chi connectivity index (χ1v) is 9.36. The SMILES string of the molecule is Cc1nocc1C(=O)Nc1cn2nc(-c3cn(C)nc3-c3ccc(F)cc3)ccc2n1. The van der Waals surface area contributed by atoms with Crippen LogP contribution in [0.15, 0.2) is 59.6 Å². The molecule has 5 aromatic rings. The molecule has 0 aliphatic rings. The quantitative estimate of drug-likeness (QED) is 0.480. The molecule has 1 amide bonds. The monoisotopic (exact) mass is 417 g/mol. The first kappa shape index (κ1) is 18.7. The van der Waals surface area contributed by atoms with Crippen molar-refractivity contribution in [3.8, 4) is 22.5 Å². The second kappa shape index (κ2) is 7.17. The Morgan fingerprint density at radius 3 is 2.65 bits per heavy atom. The number of rotatable bonds is 4. The van der Waals surface area contributed by atoms with E-state index >= 15 is 0 Å². The highest BCUT2D eigenvalue weighted by Gasteiger charge is 2.17. The van der Waals surface area contributed by atoms with Crippen molar-refractivity contribution in [2.75, 3.05) is 5.32 Å². The Morgan fingerprint density at radius 2 is 1.90 bits per heavy atom. The van der Waals surface area contributed by atoms with Gasteiger partial charge in [0, 0.05) is 24.4 Å². The van der Waals surface area contributed by atoms with Crippen LogP contribution in [0, 0.1) is 12.7 Å². The first-order chi connectivity index (χ1) is 15.0. The lowest BCUT2D eigenvalue weighted by Crippen LogP contribution is -2.12. The summed E-state index contributed by atoms with van der Waals surface area (Å²) < 4.78 is 21.4. The topological polar surface area (TPSA) is 103 Å². The number of halogens is 1. The summed E-state index contributed by atoms with van der Waals surface area (Å²) in [5.74, 6) is -0.330. The number of hydrogen-bond donors (Lipinski definition) is 1. The second-order valence-electron chi connectivity index (χ2n) is 6.99. The van der Waals surface area contributed by atoms with E-state index in [2.05, 4.69) is 25.7 Å². The smallest absolute Gasteiger partial charge is 0.262 e. The number of carbonyl (C=O) groups excluding carboxylic acids is 1. The zero-order valence-corrected chi connectivity index (χ0v) is 16.6. The molecule has 0 saturated carbocycles. The molecule has 1 aromatic carbocycles. The van der Waals surface area contributed by atoms with Crippen LogP contribution in [0.4, 0.5) is 10.2 Å². The minimum atomic E-state index is -0.367. The maximum Gasteiger partial charge on any atom is 0.262 e. The van der Waals surface area contributed by atoms with Gasteiger partial charge in [-0.2, -0.15) is 10.2 Å². The number of nitrogens with one attached hydrogen (secondary N) is 1. The predicted octanol–water partition coefficient (Wildman–Crippen LogP) is 3.48. The van der Waals surface area contributed by atoms with Crippen molar-refractivity contribution in [3.63, 3.8) is 0 Å². The third kappa shape index (κ3) is 3.44. The summed E-state index contributed by atoms with van der Waals surface area (Å²) in [6.45, 7) is 1.68. The van der Waals surface area contributed by atoms with Crippen molar-refractivity contribution < 1.29 is 13.7 Å². The van der Waals surface area contributed by atoms with Gasteiger partial charge in [0.15, 0.2) is 11.5 Å². The molecule has 5 rings (SSSR count). The molecule has 4 heterocycles. The second-order valence-corrected chi connectivity index (χ2v) is 6.99. The fourth-order valence-corrected chi connectivity index (χ4v) is 3.28. The Morgan fingerprint density at radius 1 is 1.10 bits per heavy atom. The third-order valence-corrected chi connectivity index (χ3v) is 4.78. The molecule has 0 bridgehead atoms. The average molecular weight is 417 g/mol. The average Bonchev–Trinajstić information content (AvgIpc) is 3.45. The van der Waals surface area contributed by atoms with E-state index in [0.29, 0.717) is 34.1 Å². The molecule has 0 unspecified atom stereocenters. The van der Waals surface area contributed by atoms with E-state index in [-0.39, 0.29) is 11.7 Å². The molecule has 0 aliphatic carbocycles. The zero-order valence-electron chi connectivity index (χ0n) is 16.6. The van der Waals surface area contributed by atoms with E-state index in [1.54, 1.807) is 40.5 Å². The van der Waals surface area contributed by atoms with Gasteiger partial charge in [-0.3, -0.25) is 9.48 Å². The summed E-state index contributed by atoms with van der Waals surface area (Å²) >= 11 is 0. The summed E-state index contributed by atoms with van der Waals surface area (Å²) in [4.78, 5) is 16.7. The molecular formula is C21H16FN7O2. The van der Waals surface area contributed by atoms with Gasteiger partial charge in [0.2, 0.25) is 0 Å². The minimum Gasteiger partial charge on any atom is -0.364 e. The van der Waals surface area contributed by atoms with Crippen molar-refractivity contribution >= 4 is 17.4 Å². The molecule has 154 valence electrons. The Labute approximate surface area is 175 Å². The number of benzene rings is 1. The zero-order chi connectivity index (χ0) is 21.5. The van der Waals surface area contributed by atoms with Crippen molar-refractivity contribution in [1.82, 2.24) is 29.5 Å². The van der Waals surface area contributed by atoms with E-state index in [1.807, 2.05) is 19.3 Å². The number of aryl methyl sites for hydroxylation is 2. The van der Waals surface area contributed by atoms with Crippen LogP contribution in [-0.2, 0) is 7.05 Å². The molecule has 9 nitrogen and oxygen atoms in total. The molecule has 0 spiro atoms. The van der Waals surface area contributed by atoms with Crippen LogP contribution in [-0.4, -0.2) is 35.4 Å². The highest BCUT2D eigenvalue weighted by Crippen LogP contribution is 2.30. The molecule has 0 fully saturated rings. The Balaban J connectivity index is 1.49. The summed E-state index contributed by atoms with van der Waals surface area (Å²) in [6.07, 6.45) is 4.75. The molecule has 0 saturated heterocycles. The summed E-state index contributed by atoms with van der Waals surface area (Å²) in [7, 11) is 1.81. The Hall–Kier alpha value is -4.34. The fourth-order valence-electron chi connectivity index (χ4n) is 3.28. The molecule has 1 N–H and O–H groups in total. The lowest BCUT2D eigenvalue weighted by atomic mass is 10.1. The van der Waals surface area contributed by atoms with Crippen LogP contribution >= 0.6 is 0 Å². The van der Waals surface area contributed by atoms with E-state index in [0.717, 1.165) is 11.1 Å². The highest BCUT2D eigenvalue weighted by atomic mass is 19.1. The van der Waals surface area contributed by atoms with Crippen LogP contribution in [0.3, 0.4) is 0 Å². The molecule has 0 atom stereocenters. The molecule has 31 heavy (non-hydrogen) atoms. The molecular weight excluding hydrogens is 401 g/mol. The maximum atomic E-state index is 13.3. The van der Waals surface area contributed by atoms with E-state index in [9.17, 15) is 9.18 Å². The Kier molecular flexibility index (Phi) is 4.32. The number of nitrogens with zero attached hydrogens (tertiary/aromatic N) is 6. The van der Waals surface area contributed by atoms with E-state index in [4.69, 9.17) is 4.52 Å². The lowest BCUT2D eigenvalue weighted by molar-refractivity contribution is 0.102. The summed E-state index contributed by atoms with van der Waals surface area (Å²) in [6, 6.07) is 9.76. The number of carbonyl (C=O) groups is 1. The summed E-state index contributed by atoms with van der Waals surface area (Å²) in [5.41, 5.74) is 4.30. The lowest BCUT2D eigenvalue weighted by Gasteiger charge is -2.03. The van der Waals surface area contributed by atoms with Crippen LogP contribution < -0.4 is 5.32 Å².